The second kappa shape index (κ2) is 7.85. The zero-order chi connectivity index (χ0) is 22.4. The zero-order valence-electron chi connectivity index (χ0n) is 16.3. The van der Waals surface area contributed by atoms with E-state index in [1.807, 2.05) is 6.07 Å². The van der Waals surface area contributed by atoms with Crippen molar-refractivity contribution in [3.63, 3.8) is 0 Å². The third-order valence-electron chi connectivity index (χ3n) is 5.70. The highest BCUT2D eigenvalue weighted by molar-refractivity contribution is 7.92. The highest BCUT2D eigenvalue weighted by Gasteiger charge is 2.50. The minimum absolute atomic E-state index is 0.0473. The van der Waals surface area contributed by atoms with Gasteiger partial charge in [-0.15, -0.1) is 0 Å². The van der Waals surface area contributed by atoms with Gasteiger partial charge in [0.2, 0.25) is 5.91 Å². The average molecular weight is 470 g/mol. The minimum atomic E-state index is -4.03. The Bertz CT molecular complexity index is 1060. The molecular weight excluding hydrogens is 450 g/mol. The van der Waals surface area contributed by atoms with E-state index in [-0.39, 0.29) is 29.0 Å². The lowest BCUT2D eigenvalue weighted by Crippen LogP contribution is -2.49. The topological polar surface area (TPSA) is 146 Å². The van der Waals surface area contributed by atoms with Gasteiger partial charge in [0.1, 0.15) is 23.4 Å². The summed E-state index contributed by atoms with van der Waals surface area (Å²) in [7, 11) is -4.03. The zero-order valence-corrected chi connectivity index (χ0v) is 17.9. The molecule has 2 amide bonds. The number of benzene rings is 1. The van der Waals surface area contributed by atoms with Gasteiger partial charge in [0.15, 0.2) is 9.84 Å². The van der Waals surface area contributed by atoms with Crippen molar-refractivity contribution in [2.75, 3.05) is 19.8 Å². The predicted molar refractivity (Wildman–Crippen MR) is 107 cm³/mol. The quantitative estimate of drug-likeness (QED) is 0.631. The molecule has 166 valence electrons. The molecular formula is C19H20ClN3O7S. The number of hydrogen-bond donors (Lipinski definition) is 2. The van der Waals surface area contributed by atoms with Crippen LogP contribution in [0.25, 0.3) is 0 Å². The summed E-state index contributed by atoms with van der Waals surface area (Å²) in [6.45, 7) is 0.520. The number of sulfone groups is 1. The lowest BCUT2D eigenvalue weighted by Gasteiger charge is -2.26. The third kappa shape index (κ3) is 4.15. The van der Waals surface area contributed by atoms with Crippen LogP contribution < -0.4 is 10.1 Å². The Morgan fingerprint density at radius 1 is 1.35 bits per heavy atom. The Morgan fingerprint density at radius 3 is 2.58 bits per heavy atom. The predicted octanol–water partition coefficient (Wildman–Crippen LogP) is 1.18. The highest BCUT2D eigenvalue weighted by Crippen LogP contribution is 2.37. The molecule has 1 aromatic rings. The Balaban J connectivity index is 1.53. The standard InChI is InChI=1S/C19H20ClN3O7S/c20-14-5-11(30-12-8-29-9-12)1-2-16(14)31(27,28)13-6-15(23(7-13)18(25)26)17(24)22-19(10-21)3-4-19/h1-2,5,12-13,15H,3-4,6-9H2,(H,22,24)(H,25,26)/t13-,15+/m1/s1. The number of likely N-dealkylation sites (tertiary alicyclic amines) is 1. The lowest BCUT2D eigenvalue weighted by atomic mass is 10.2. The molecule has 31 heavy (non-hydrogen) atoms. The number of ether oxygens (including phenoxy) is 2. The van der Waals surface area contributed by atoms with E-state index in [9.17, 15) is 23.1 Å². The Hall–Kier alpha value is -2.55. The second-order valence-corrected chi connectivity index (χ2v) is 10.5. The van der Waals surface area contributed by atoms with Crippen LogP contribution in [0.2, 0.25) is 5.02 Å². The summed E-state index contributed by atoms with van der Waals surface area (Å²) in [5, 5.41) is 20.0. The van der Waals surface area contributed by atoms with Gasteiger partial charge in [0, 0.05) is 12.6 Å². The molecule has 0 aromatic heterocycles. The van der Waals surface area contributed by atoms with E-state index in [0.717, 1.165) is 4.90 Å². The maximum atomic E-state index is 13.2. The molecule has 1 aliphatic carbocycles. The fourth-order valence-corrected chi connectivity index (χ4v) is 5.86. The van der Waals surface area contributed by atoms with Crippen LogP contribution >= 0.6 is 11.6 Å². The molecule has 4 rings (SSSR count). The number of rotatable bonds is 6. The fourth-order valence-electron chi connectivity index (χ4n) is 3.63. The van der Waals surface area contributed by atoms with E-state index < -0.39 is 38.7 Å². The molecule has 10 nitrogen and oxygen atoms in total. The van der Waals surface area contributed by atoms with Gasteiger partial charge in [-0.2, -0.15) is 5.26 Å². The van der Waals surface area contributed by atoms with Gasteiger partial charge in [0.05, 0.1) is 34.5 Å². The molecule has 1 aromatic carbocycles. The van der Waals surface area contributed by atoms with Crippen molar-refractivity contribution < 1.29 is 32.6 Å². The summed E-state index contributed by atoms with van der Waals surface area (Å²) in [4.78, 5) is 24.9. The van der Waals surface area contributed by atoms with Crippen molar-refractivity contribution in [3.05, 3.63) is 23.2 Å². The van der Waals surface area contributed by atoms with E-state index in [2.05, 4.69) is 5.32 Å². The van der Waals surface area contributed by atoms with Gasteiger partial charge < -0.3 is 19.9 Å². The normalized spacial score (nSPS) is 24.7. The van der Waals surface area contributed by atoms with Crippen molar-refractivity contribution in [2.45, 2.75) is 47.1 Å². The first kappa shape index (κ1) is 21.7. The highest BCUT2D eigenvalue weighted by atomic mass is 35.5. The molecule has 3 fully saturated rings. The number of nitrogens with one attached hydrogen (secondary N) is 1. The number of nitriles is 1. The average Bonchev–Trinajstić information content (AvgIpc) is 3.29. The first-order valence-corrected chi connectivity index (χ1v) is 11.6. The van der Waals surface area contributed by atoms with Gasteiger partial charge in [-0.05, 0) is 31.4 Å². The number of halogens is 1. The van der Waals surface area contributed by atoms with Crippen molar-refractivity contribution in [3.8, 4) is 11.8 Å². The summed E-state index contributed by atoms with van der Waals surface area (Å²) in [6.07, 6.45) is -0.783. The number of nitrogens with zero attached hydrogens (tertiary/aromatic N) is 2. The van der Waals surface area contributed by atoms with Crippen LogP contribution in [-0.2, 0) is 19.4 Å². The molecule has 12 heteroatoms. The number of carbonyl (C=O) groups excluding carboxylic acids is 1. The van der Waals surface area contributed by atoms with Crippen LogP contribution in [0.5, 0.6) is 5.75 Å². The first-order chi connectivity index (χ1) is 14.6. The third-order valence-corrected chi connectivity index (χ3v) is 8.31. The molecule has 2 N–H and O–H groups in total. The van der Waals surface area contributed by atoms with E-state index in [4.69, 9.17) is 26.3 Å². The molecule has 2 saturated heterocycles. The van der Waals surface area contributed by atoms with Gasteiger partial charge in [-0.3, -0.25) is 9.69 Å². The van der Waals surface area contributed by atoms with Crippen LogP contribution in [0.3, 0.4) is 0 Å². The molecule has 0 spiro atoms. The van der Waals surface area contributed by atoms with Crippen LogP contribution in [0.4, 0.5) is 4.79 Å². The maximum Gasteiger partial charge on any atom is 0.408 e. The van der Waals surface area contributed by atoms with Crippen LogP contribution in [0, 0.1) is 11.3 Å². The van der Waals surface area contributed by atoms with E-state index in [1.54, 1.807) is 0 Å². The molecule has 2 atom stereocenters. The van der Waals surface area contributed by atoms with Gasteiger partial charge >= 0.3 is 6.09 Å². The maximum absolute atomic E-state index is 13.2. The smallest absolute Gasteiger partial charge is 0.408 e. The molecule has 1 saturated carbocycles. The number of carboxylic acid groups (broad SMARTS) is 1. The van der Waals surface area contributed by atoms with Gasteiger partial charge in [-0.1, -0.05) is 11.6 Å². The molecule has 0 radical (unpaired) electrons. The number of carbonyl (C=O) groups is 2. The molecule has 0 bridgehead atoms. The summed E-state index contributed by atoms with van der Waals surface area (Å²) >= 11 is 6.21. The Morgan fingerprint density at radius 2 is 2.06 bits per heavy atom. The van der Waals surface area contributed by atoms with Crippen molar-refractivity contribution in [1.82, 2.24) is 10.2 Å². The Kier molecular flexibility index (Phi) is 5.49. The van der Waals surface area contributed by atoms with Crippen molar-refractivity contribution in [1.29, 1.82) is 5.26 Å². The Labute approximate surface area is 183 Å². The molecule has 3 aliphatic rings. The van der Waals surface area contributed by atoms with Gasteiger partial charge in [0.25, 0.3) is 0 Å². The molecule has 2 heterocycles. The van der Waals surface area contributed by atoms with Crippen LogP contribution in [0.15, 0.2) is 23.1 Å². The van der Waals surface area contributed by atoms with Crippen molar-refractivity contribution >= 4 is 33.4 Å². The molecule has 2 aliphatic heterocycles. The number of hydrogen-bond acceptors (Lipinski definition) is 7. The van der Waals surface area contributed by atoms with E-state index in [1.165, 1.54) is 18.2 Å². The van der Waals surface area contributed by atoms with E-state index >= 15 is 0 Å². The molecule has 0 unspecified atom stereocenters. The minimum Gasteiger partial charge on any atom is -0.486 e. The van der Waals surface area contributed by atoms with Crippen LogP contribution in [0.1, 0.15) is 19.3 Å². The van der Waals surface area contributed by atoms with Crippen molar-refractivity contribution in [2.24, 2.45) is 0 Å². The SMILES string of the molecule is N#CC1(NC(=O)[C@@H]2C[C@@H](S(=O)(=O)c3ccc(OC4COC4)cc3Cl)CN2C(=O)O)CC1. The number of amides is 2. The fraction of sp³-hybridized carbons (Fsp3) is 0.526. The second-order valence-electron chi connectivity index (χ2n) is 7.91. The summed E-state index contributed by atoms with van der Waals surface area (Å²) < 4.78 is 37.0. The van der Waals surface area contributed by atoms with Crippen LogP contribution in [-0.4, -0.2) is 73.1 Å². The summed E-state index contributed by atoms with van der Waals surface area (Å²) in [5.41, 5.74) is -0.983. The largest absolute Gasteiger partial charge is 0.486 e. The lowest BCUT2D eigenvalue weighted by molar-refractivity contribution is -0.125. The van der Waals surface area contributed by atoms with Gasteiger partial charge in [-0.25, -0.2) is 13.2 Å². The van der Waals surface area contributed by atoms with E-state index in [0.29, 0.717) is 31.8 Å². The summed E-state index contributed by atoms with van der Waals surface area (Å²) in [6, 6.07) is 4.99. The monoisotopic (exact) mass is 469 g/mol. The first-order valence-electron chi connectivity index (χ1n) is 9.66. The summed E-state index contributed by atoms with van der Waals surface area (Å²) in [5.74, 6) is -0.268.